The van der Waals surface area contributed by atoms with Crippen LogP contribution in [0.3, 0.4) is 0 Å². The van der Waals surface area contributed by atoms with E-state index in [9.17, 15) is 4.79 Å². The van der Waals surface area contributed by atoms with Crippen LogP contribution >= 0.6 is 0 Å². The van der Waals surface area contributed by atoms with Gasteiger partial charge < -0.3 is 0 Å². The van der Waals surface area contributed by atoms with Gasteiger partial charge in [0, 0.05) is 0 Å². The quantitative estimate of drug-likeness (QED) is 0.560. The highest BCUT2D eigenvalue weighted by Gasteiger charge is 2.10. The SMILES string of the molecule is [3H]c1ccc2nc(NN)n(Cc3ccccc3)c(=O)c2c1. The number of nitrogen functional groups attached to an aromatic ring is 1. The number of hydrogen-bond donors (Lipinski definition) is 2. The van der Waals surface area contributed by atoms with E-state index >= 15 is 0 Å². The molecule has 0 fully saturated rings. The highest BCUT2D eigenvalue weighted by molar-refractivity contribution is 5.78. The standard InChI is InChI=1S/C15H14N4O/c16-18-15-17-13-9-5-4-8-12(13)14(20)19(15)10-11-6-2-1-3-7-11/h1-9H,10,16H2,(H,17,18)/i4T. The number of anilines is 1. The molecular formula is C15H14N4O. The fraction of sp³-hybridized carbons (Fsp3) is 0.0667. The molecule has 3 rings (SSSR count). The normalized spacial score (nSPS) is 11.3. The maximum absolute atomic E-state index is 12.6. The molecule has 3 N–H and O–H groups in total. The molecular weight excluding hydrogens is 252 g/mol. The van der Waals surface area contributed by atoms with Crippen molar-refractivity contribution in [2.24, 2.45) is 5.84 Å². The molecule has 5 heteroatoms. The third kappa shape index (κ3) is 2.15. The first-order valence-electron chi connectivity index (χ1n) is 6.71. The van der Waals surface area contributed by atoms with Crippen molar-refractivity contribution in [3.63, 3.8) is 0 Å². The molecule has 1 aromatic heterocycles. The van der Waals surface area contributed by atoms with Gasteiger partial charge in [-0.3, -0.25) is 14.8 Å². The van der Waals surface area contributed by atoms with Crippen LogP contribution in [0.15, 0.2) is 59.4 Å². The molecule has 3 aromatic rings. The van der Waals surface area contributed by atoms with Gasteiger partial charge >= 0.3 is 0 Å². The van der Waals surface area contributed by atoms with Crippen LogP contribution in [-0.2, 0) is 6.54 Å². The van der Waals surface area contributed by atoms with Crippen LogP contribution in [-0.4, -0.2) is 9.55 Å². The predicted molar refractivity (Wildman–Crippen MR) is 79.4 cm³/mol. The summed E-state index contributed by atoms with van der Waals surface area (Å²) >= 11 is 0. The molecule has 0 radical (unpaired) electrons. The van der Waals surface area contributed by atoms with Gasteiger partial charge in [0.25, 0.3) is 5.56 Å². The van der Waals surface area contributed by atoms with Crippen LogP contribution in [0, 0.1) is 0 Å². The molecule has 0 bridgehead atoms. The number of para-hydroxylation sites is 1. The Hall–Kier alpha value is -2.66. The summed E-state index contributed by atoms with van der Waals surface area (Å²) in [6.07, 6.45) is 0. The largest absolute Gasteiger partial charge is 0.294 e. The molecule has 0 unspecified atom stereocenters. The number of fused-ring (bicyclic) bond motifs is 1. The number of nitrogens with one attached hydrogen (secondary N) is 1. The lowest BCUT2D eigenvalue weighted by molar-refractivity contribution is 0.754. The van der Waals surface area contributed by atoms with E-state index in [0.29, 0.717) is 23.4 Å². The van der Waals surface area contributed by atoms with Crippen molar-refractivity contribution >= 4 is 16.9 Å². The topological polar surface area (TPSA) is 72.9 Å². The lowest BCUT2D eigenvalue weighted by Crippen LogP contribution is -2.27. The van der Waals surface area contributed by atoms with Crippen LogP contribution in [0.1, 0.15) is 6.93 Å². The Morgan fingerprint density at radius 1 is 1.20 bits per heavy atom. The van der Waals surface area contributed by atoms with E-state index in [2.05, 4.69) is 10.4 Å². The van der Waals surface area contributed by atoms with Crippen LogP contribution < -0.4 is 16.8 Å². The summed E-state index contributed by atoms with van der Waals surface area (Å²) in [5, 5.41) is 0.414. The van der Waals surface area contributed by atoms with E-state index < -0.39 is 0 Å². The lowest BCUT2D eigenvalue weighted by atomic mass is 10.2. The van der Waals surface area contributed by atoms with E-state index in [1.807, 2.05) is 30.3 Å². The van der Waals surface area contributed by atoms with E-state index in [4.69, 9.17) is 7.21 Å². The Bertz CT molecular complexity index is 845. The number of hydrazine groups is 1. The predicted octanol–water partition coefficient (Wildman–Crippen LogP) is 1.73. The molecule has 0 spiro atoms. The second-order valence-corrected chi connectivity index (χ2v) is 4.40. The number of aromatic nitrogens is 2. The molecule has 2 aromatic carbocycles. The zero-order valence-corrected chi connectivity index (χ0v) is 10.7. The lowest BCUT2D eigenvalue weighted by Gasteiger charge is -2.12. The minimum absolute atomic E-state index is 0.217. The maximum Gasteiger partial charge on any atom is 0.263 e. The average molecular weight is 268 g/mol. The van der Waals surface area contributed by atoms with Crippen molar-refractivity contribution < 1.29 is 1.37 Å². The van der Waals surface area contributed by atoms with Gasteiger partial charge in [-0.2, -0.15) is 0 Å². The summed E-state index contributed by atoms with van der Waals surface area (Å²) in [6.45, 7) is 0.365. The fourth-order valence-corrected chi connectivity index (χ4v) is 2.13. The first-order chi connectivity index (χ1) is 10.2. The second-order valence-electron chi connectivity index (χ2n) is 4.40. The molecule has 0 saturated carbocycles. The van der Waals surface area contributed by atoms with Crippen LogP contribution in [0.5, 0.6) is 0 Å². The molecule has 0 atom stereocenters. The molecule has 5 nitrogen and oxygen atoms in total. The van der Waals surface area contributed by atoms with Crippen molar-refractivity contribution in [3.05, 3.63) is 70.5 Å². The zero-order chi connectivity index (χ0) is 14.8. The first-order valence-corrected chi connectivity index (χ1v) is 6.21. The van der Waals surface area contributed by atoms with E-state index in [1.54, 1.807) is 12.1 Å². The van der Waals surface area contributed by atoms with Crippen LogP contribution in [0.25, 0.3) is 10.9 Å². The van der Waals surface area contributed by atoms with Gasteiger partial charge in [-0.05, 0) is 17.7 Å². The average Bonchev–Trinajstić information content (AvgIpc) is 2.51. The van der Waals surface area contributed by atoms with Crippen molar-refractivity contribution in [2.45, 2.75) is 6.54 Å². The van der Waals surface area contributed by atoms with E-state index in [1.165, 1.54) is 10.6 Å². The van der Waals surface area contributed by atoms with Gasteiger partial charge in [0.2, 0.25) is 5.95 Å². The summed E-state index contributed by atoms with van der Waals surface area (Å²) in [5.74, 6) is 5.78. The maximum atomic E-state index is 12.6. The van der Waals surface area contributed by atoms with Crippen LogP contribution in [0.2, 0.25) is 0 Å². The Balaban J connectivity index is 2.20. The van der Waals surface area contributed by atoms with Crippen molar-refractivity contribution in [2.75, 3.05) is 5.43 Å². The second kappa shape index (κ2) is 5.14. The molecule has 0 aliphatic heterocycles. The number of benzene rings is 2. The highest BCUT2D eigenvalue weighted by Crippen LogP contribution is 2.12. The van der Waals surface area contributed by atoms with Crippen molar-refractivity contribution in [3.8, 4) is 0 Å². The number of rotatable bonds is 3. The Labute approximate surface area is 117 Å². The Morgan fingerprint density at radius 3 is 2.75 bits per heavy atom. The van der Waals surface area contributed by atoms with Gasteiger partial charge in [-0.25, -0.2) is 10.8 Å². The van der Waals surface area contributed by atoms with Gasteiger partial charge in [0.05, 0.1) is 18.8 Å². The minimum atomic E-state index is -0.217. The molecule has 0 amide bonds. The Kier molecular flexibility index (Phi) is 2.88. The smallest absolute Gasteiger partial charge is 0.263 e. The minimum Gasteiger partial charge on any atom is -0.294 e. The summed E-state index contributed by atoms with van der Waals surface area (Å²) in [5.41, 5.74) is 3.74. The fourth-order valence-electron chi connectivity index (χ4n) is 2.13. The highest BCUT2D eigenvalue weighted by atomic mass is 16.1. The molecule has 100 valence electrons. The van der Waals surface area contributed by atoms with E-state index in [0.717, 1.165) is 5.56 Å². The van der Waals surface area contributed by atoms with Crippen molar-refractivity contribution in [1.29, 1.82) is 0 Å². The van der Waals surface area contributed by atoms with Gasteiger partial charge in [-0.1, -0.05) is 42.4 Å². The first kappa shape index (κ1) is 11.2. The number of nitrogens with two attached hydrogens (primary N) is 1. The molecule has 20 heavy (non-hydrogen) atoms. The molecule has 0 aliphatic rings. The van der Waals surface area contributed by atoms with Gasteiger partial charge in [0.15, 0.2) is 0 Å². The Morgan fingerprint density at radius 2 is 2.00 bits per heavy atom. The molecule has 0 saturated heterocycles. The number of nitrogens with zero attached hydrogens (tertiary/aromatic N) is 2. The summed E-state index contributed by atoms with van der Waals surface area (Å²) in [7, 11) is 0. The monoisotopic (exact) mass is 268 g/mol. The van der Waals surface area contributed by atoms with Gasteiger partial charge in [-0.15, -0.1) is 0 Å². The van der Waals surface area contributed by atoms with Crippen molar-refractivity contribution in [1.82, 2.24) is 9.55 Å². The third-order valence-corrected chi connectivity index (χ3v) is 3.11. The molecule has 0 aliphatic carbocycles. The van der Waals surface area contributed by atoms with Gasteiger partial charge in [0.1, 0.15) is 0 Å². The third-order valence-electron chi connectivity index (χ3n) is 3.11. The zero-order valence-electron chi connectivity index (χ0n) is 11.7. The number of hydrogen-bond acceptors (Lipinski definition) is 4. The van der Waals surface area contributed by atoms with E-state index in [-0.39, 0.29) is 11.6 Å². The van der Waals surface area contributed by atoms with Crippen LogP contribution in [0.4, 0.5) is 5.95 Å². The summed E-state index contributed by atoms with van der Waals surface area (Å²) < 4.78 is 9.12. The summed E-state index contributed by atoms with van der Waals surface area (Å²) in [4.78, 5) is 16.9. The molecule has 1 heterocycles. The summed E-state index contributed by atoms with van der Waals surface area (Å²) in [6, 6.07) is 14.6.